The Morgan fingerprint density at radius 3 is 2.55 bits per heavy atom. The van der Waals surface area contributed by atoms with E-state index in [1.165, 1.54) is 19.2 Å². The zero-order chi connectivity index (χ0) is 14.6. The van der Waals surface area contributed by atoms with Crippen molar-refractivity contribution in [3.05, 3.63) is 28.2 Å². The third-order valence-electron chi connectivity index (χ3n) is 2.21. The molecule has 0 saturated carbocycles. The molecule has 0 bridgehead atoms. The fourth-order valence-corrected chi connectivity index (χ4v) is 1.78. The molecule has 0 spiro atoms. The summed E-state index contributed by atoms with van der Waals surface area (Å²) in [5.41, 5.74) is 5.76. The van der Waals surface area contributed by atoms with E-state index in [1.54, 1.807) is 0 Å². The molecule has 0 fully saturated rings. The van der Waals surface area contributed by atoms with Crippen LogP contribution in [0.2, 0.25) is 0 Å². The Morgan fingerprint density at radius 2 is 2.05 bits per heavy atom. The first-order valence-corrected chi connectivity index (χ1v) is 5.90. The Bertz CT molecular complexity index is 471. The molecule has 0 amide bonds. The number of hydrogen-bond donors (Lipinski definition) is 1. The van der Waals surface area contributed by atoms with Crippen LogP contribution in [0.5, 0.6) is 5.75 Å². The number of carbonyl (C=O) groups excluding carboxylic acids is 1. The van der Waals surface area contributed by atoms with Gasteiger partial charge in [-0.15, -0.1) is 25.6 Å². The van der Waals surface area contributed by atoms with Gasteiger partial charge >= 0.3 is 12.3 Å². The van der Waals surface area contributed by atoms with Crippen LogP contribution < -0.4 is 10.5 Å². The van der Waals surface area contributed by atoms with Gasteiger partial charge in [0.25, 0.3) is 0 Å². The van der Waals surface area contributed by atoms with E-state index in [-0.39, 0.29) is 24.4 Å². The highest BCUT2D eigenvalue weighted by molar-refractivity contribution is 9.10. The Labute approximate surface area is 128 Å². The van der Waals surface area contributed by atoms with Crippen molar-refractivity contribution in [3.8, 4) is 5.75 Å². The summed E-state index contributed by atoms with van der Waals surface area (Å²) in [4.78, 5) is 11.1. The van der Waals surface area contributed by atoms with Gasteiger partial charge in [-0.1, -0.05) is 15.9 Å². The lowest BCUT2D eigenvalue weighted by molar-refractivity contribution is -0.275. The second-order valence-electron chi connectivity index (χ2n) is 3.62. The van der Waals surface area contributed by atoms with Crippen molar-refractivity contribution in [1.82, 2.24) is 0 Å². The molecule has 1 atom stereocenters. The summed E-state index contributed by atoms with van der Waals surface area (Å²) in [6.07, 6.45) is -5.07. The smallest absolute Gasteiger partial charge is 0.469 e. The molecule has 0 aromatic heterocycles. The highest BCUT2D eigenvalue weighted by Gasteiger charge is 2.33. The van der Waals surface area contributed by atoms with Crippen molar-refractivity contribution in [3.63, 3.8) is 0 Å². The average molecular weight is 379 g/mol. The summed E-state index contributed by atoms with van der Waals surface area (Å²) in [7, 11) is 1.17. The molecule has 1 rings (SSSR count). The van der Waals surface area contributed by atoms with Crippen molar-refractivity contribution < 1.29 is 27.4 Å². The van der Waals surface area contributed by atoms with Crippen LogP contribution in [0.1, 0.15) is 18.0 Å². The molecular formula is C11H12BrClF3NO3. The number of carbonyl (C=O) groups is 1. The number of nitrogens with two attached hydrogens (primary N) is 1. The number of ether oxygens (including phenoxy) is 2. The normalized spacial score (nSPS) is 12.3. The summed E-state index contributed by atoms with van der Waals surface area (Å²) in [5.74, 6) is -1.06. The molecule has 114 valence electrons. The van der Waals surface area contributed by atoms with E-state index >= 15 is 0 Å². The largest absolute Gasteiger partial charge is 0.573 e. The molecule has 0 aliphatic carbocycles. The molecule has 0 unspecified atom stereocenters. The van der Waals surface area contributed by atoms with Crippen LogP contribution in [0, 0.1) is 0 Å². The van der Waals surface area contributed by atoms with Crippen LogP contribution in [0.25, 0.3) is 0 Å². The zero-order valence-electron chi connectivity index (χ0n) is 10.2. The maximum Gasteiger partial charge on any atom is 0.573 e. The summed E-state index contributed by atoms with van der Waals surface area (Å²) in [5, 5.41) is 0. The van der Waals surface area contributed by atoms with Crippen LogP contribution in [-0.2, 0) is 9.53 Å². The van der Waals surface area contributed by atoms with E-state index in [9.17, 15) is 18.0 Å². The minimum atomic E-state index is -4.83. The molecule has 0 aliphatic rings. The minimum absolute atomic E-state index is 0. The van der Waals surface area contributed by atoms with Crippen molar-refractivity contribution in [2.24, 2.45) is 5.73 Å². The van der Waals surface area contributed by atoms with Crippen LogP contribution >= 0.6 is 28.3 Å². The molecule has 0 heterocycles. The standard InChI is InChI=1S/C11H11BrF3NO3.ClH/c1-18-10(17)5-8(16)7-4-6(12)2-3-9(7)19-11(13,14)15;/h2-4,8H,5,16H2,1H3;1H/t8-;/m0./s1. The molecule has 0 saturated heterocycles. The summed E-state index contributed by atoms with van der Waals surface area (Å²) in [6, 6.07) is 2.93. The molecule has 9 heteroatoms. The van der Waals surface area contributed by atoms with E-state index in [0.29, 0.717) is 4.47 Å². The summed E-state index contributed by atoms with van der Waals surface area (Å²) >= 11 is 3.12. The Hall–Kier alpha value is -0.990. The first-order chi connectivity index (χ1) is 8.73. The van der Waals surface area contributed by atoms with Crippen molar-refractivity contribution >= 4 is 34.3 Å². The van der Waals surface area contributed by atoms with Crippen LogP contribution in [-0.4, -0.2) is 19.4 Å². The zero-order valence-corrected chi connectivity index (χ0v) is 12.6. The van der Waals surface area contributed by atoms with E-state index in [2.05, 4.69) is 25.4 Å². The predicted octanol–water partition coefficient (Wildman–Crippen LogP) is 3.33. The van der Waals surface area contributed by atoms with Crippen LogP contribution in [0.4, 0.5) is 13.2 Å². The van der Waals surface area contributed by atoms with E-state index in [0.717, 1.165) is 6.07 Å². The number of rotatable bonds is 4. The third-order valence-corrected chi connectivity index (χ3v) is 2.70. The van der Waals surface area contributed by atoms with E-state index in [4.69, 9.17) is 5.73 Å². The topological polar surface area (TPSA) is 61.5 Å². The number of methoxy groups -OCH3 is 1. The lowest BCUT2D eigenvalue weighted by atomic mass is 10.0. The van der Waals surface area contributed by atoms with Gasteiger partial charge in [-0.25, -0.2) is 0 Å². The van der Waals surface area contributed by atoms with E-state index < -0.39 is 24.1 Å². The molecular weight excluding hydrogens is 366 g/mol. The van der Waals surface area contributed by atoms with Gasteiger partial charge in [0, 0.05) is 16.1 Å². The number of hydrogen-bond acceptors (Lipinski definition) is 4. The van der Waals surface area contributed by atoms with Gasteiger partial charge in [-0.2, -0.15) is 0 Å². The third kappa shape index (κ3) is 5.98. The molecule has 1 aromatic carbocycles. The first-order valence-electron chi connectivity index (χ1n) is 5.10. The summed E-state index contributed by atoms with van der Waals surface area (Å²) in [6.45, 7) is 0. The van der Waals surface area contributed by atoms with Crippen LogP contribution in [0.3, 0.4) is 0 Å². The number of benzene rings is 1. The van der Waals surface area contributed by atoms with Gasteiger partial charge in [-0.05, 0) is 18.2 Å². The average Bonchev–Trinajstić information content (AvgIpc) is 2.29. The second-order valence-corrected chi connectivity index (χ2v) is 4.53. The summed E-state index contributed by atoms with van der Waals surface area (Å²) < 4.78 is 45.6. The minimum Gasteiger partial charge on any atom is -0.469 e. The fourth-order valence-electron chi connectivity index (χ4n) is 1.40. The quantitative estimate of drug-likeness (QED) is 0.817. The van der Waals surface area contributed by atoms with Gasteiger partial charge in [0.2, 0.25) is 0 Å². The van der Waals surface area contributed by atoms with Gasteiger partial charge in [0.05, 0.1) is 13.5 Å². The van der Waals surface area contributed by atoms with Crippen molar-refractivity contribution in [1.29, 1.82) is 0 Å². The second kappa shape index (κ2) is 7.70. The van der Waals surface area contributed by atoms with E-state index in [1.807, 2.05) is 0 Å². The van der Waals surface area contributed by atoms with Gasteiger partial charge in [0.15, 0.2) is 0 Å². The highest BCUT2D eigenvalue weighted by Crippen LogP contribution is 2.33. The van der Waals surface area contributed by atoms with Gasteiger partial charge in [-0.3, -0.25) is 4.79 Å². The molecule has 2 N–H and O–H groups in total. The van der Waals surface area contributed by atoms with Crippen molar-refractivity contribution in [2.45, 2.75) is 18.8 Å². The maximum absolute atomic E-state index is 12.2. The first kappa shape index (κ1) is 19.0. The molecule has 20 heavy (non-hydrogen) atoms. The van der Waals surface area contributed by atoms with Crippen molar-refractivity contribution in [2.75, 3.05) is 7.11 Å². The molecule has 4 nitrogen and oxygen atoms in total. The monoisotopic (exact) mass is 377 g/mol. The lowest BCUT2D eigenvalue weighted by Crippen LogP contribution is -2.21. The number of halogens is 5. The Morgan fingerprint density at radius 1 is 1.45 bits per heavy atom. The molecule has 1 aromatic rings. The predicted molar refractivity (Wildman–Crippen MR) is 71.6 cm³/mol. The van der Waals surface area contributed by atoms with Crippen LogP contribution in [0.15, 0.2) is 22.7 Å². The maximum atomic E-state index is 12.2. The number of esters is 1. The fraction of sp³-hybridized carbons (Fsp3) is 0.364. The van der Waals surface area contributed by atoms with Gasteiger partial charge < -0.3 is 15.2 Å². The SMILES string of the molecule is COC(=O)C[C@H](N)c1cc(Br)ccc1OC(F)(F)F.Cl. The Balaban J connectivity index is 0.00000361. The van der Waals surface area contributed by atoms with Gasteiger partial charge in [0.1, 0.15) is 5.75 Å². The Kier molecular flexibility index (Phi) is 7.32. The molecule has 0 aliphatic heterocycles. The lowest BCUT2D eigenvalue weighted by Gasteiger charge is -2.17. The number of alkyl halides is 3. The highest BCUT2D eigenvalue weighted by atomic mass is 79.9. The molecule has 0 radical (unpaired) electrons.